The van der Waals surface area contributed by atoms with Crippen LogP contribution in [0.4, 0.5) is 4.39 Å². The minimum atomic E-state index is -1.08. The van der Waals surface area contributed by atoms with E-state index in [0.29, 0.717) is 12.8 Å². The van der Waals surface area contributed by atoms with E-state index in [2.05, 4.69) is 0 Å². The summed E-state index contributed by atoms with van der Waals surface area (Å²) in [4.78, 5) is 0. The zero-order chi connectivity index (χ0) is 6.15. The van der Waals surface area contributed by atoms with Crippen LogP contribution in [0, 0.1) is 0 Å². The third kappa shape index (κ3) is 0.980. The Morgan fingerprint density at radius 1 is 1.50 bits per heavy atom. The van der Waals surface area contributed by atoms with E-state index in [9.17, 15) is 4.39 Å². The zero-order valence-corrected chi connectivity index (χ0v) is 4.55. The van der Waals surface area contributed by atoms with Gasteiger partial charge in [-0.25, -0.2) is 4.39 Å². The lowest BCUT2D eigenvalue weighted by Gasteiger charge is -1.99. The SMILES string of the molecule is N[C@@H]1C[C@@H](O)[C@H](F)C1. The van der Waals surface area contributed by atoms with Gasteiger partial charge in [0, 0.05) is 6.04 Å². The molecular formula is C5H10FNO. The van der Waals surface area contributed by atoms with Crippen LogP contribution in [0.2, 0.25) is 0 Å². The summed E-state index contributed by atoms with van der Waals surface area (Å²) in [6.07, 6.45) is -1.14. The van der Waals surface area contributed by atoms with Crippen molar-refractivity contribution >= 4 is 0 Å². The number of hydrogen-bond donors (Lipinski definition) is 2. The van der Waals surface area contributed by atoms with E-state index >= 15 is 0 Å². The summed E-state index contributed by atoms with van der Waals surface area (Å²) in [5, 5.41) is 8.71. The van der Waals surface area contributed by atoms with E-state index < -0.39 is 12.3 Å². The topological polar surface area (TPSA) is 46.2 Å². The van der Waals surface area contributed by atoms with E-state index in [0.717, 1.165) is 0 Å². The molecule has 1 fully saturated rings. The normalized spacial score (nSPS) is 47.6. The molecule has 8 heavy (non-hydrogen) atoms. The highest BCUT2D eigenvalue weighted by atomic mass is 19.1. The molecule has 1 aliphatic rings. The molecule has 0 unspecified atom stereocenters. The predicted octanol–water partition coefficient (Wildman–Crippen LogP) is -0.194. The lowest BCUT2D eigenvalue weighted by molar-refractivity contribution is 0.103. The van der Waals surface area contributed by atoms with Crippen LogP contribution in [0.3, 0.4) is 0 Å². The average molecular weight is 119 g/mol. The van der Waals surface area contributed by atoms with Crippen LogP contribution >= 0.6 is 0 Å². The van der Waals surface area contributed by atoms with E-state index in [-0.39, 0.29) is 6.04 Å². The lowest BCUT2D eigenvalue weighted by atomic mass is 10.3. The molecule has 0 spiro atoms. The van der Waals surface area contributed by atoms with E-state index in [1.54, 1.807) is 0 Å². The molecule has 0 aromatic carbocycles. The summed E-state index contributed by atoms with van der Waals surface area (Å²) in [5.74, 6) is 0. The highest BCUT2D eigenvalue weighted by Crippen LogP contribution is 2.20. The monoisotopic (exact) mass is 119 g/mol. The van der Waals surface area contributed by atoms with E-state index in [1.807, 2.05) is 0 Å². The maximum atomic E-state index is 12.2. The van der Waals surface area contributed by atoms with Gasteiger partial charge >= 0.3 is 0 Å². The molecule has 0 aromatic rings. The van der Waals surface area contributed by atoms with Gasteiger partial charge in [0.25, 0.3) is 0 Å². The molecule has 0 bridgehead atoms. The van der Waals surface area contributed by atoms with Crippen molar-refractivity contribution in [2.45, 2.75) is 31.2 Å². The van der Waals surface area contributed by atoms with Crippen molar-refractivity contribution in [3.8, 4) is 0 Å². The third-order valence-electron chi connectivity index (χ3n) is 1.49. The van der Waals surface area contributed by atoms with Crippen molar-refractivity contribution in [1.29, 1.82) is 0 Å². The second-order valence-corrected chi connectivity index (χ2v) is 2.31. The van der Waals surface area contributed by atoms with Gasteiger partial charge in [-0.3, -0.25) is 0 Å². The van der Waals surface area contributed by atoms with E-state index in [4.69, 9.17) is 10.8 Å². The summed E-state index contributed by atoms with van der Waals surface area (Å²) < 4.78 is 12.2. The second kappa shape index (κ2) is 1.99. The number of aliphatic hydroxyl groups excluding tert-OH is 1. The van der Waals surface area contributed by atoms with Crippen LogP contribution in [0.5, 0.6) is 0 Å². The molecule has 0 aromatic heterocycles. The Morgan fingerprint density at radius 3 is 2.25 bits per heavy atom. The molecular weight excluding hydrogens is 109 g/mol. The highest BCUT2D eigenvalue weighted by Gasteiger charge is 2.30. The molecule has 3 atom stereocenters. The van der Waals surface area contributed by atoms with Crippen molar-refractivity contribution in [3.05, 3.63) is 0 Å². The Morgan fingerprint density at radius 2 is 2.12 bits per heavy atom. The molecule has 1 saturated carbocycles. The Hall–Kier alpha value is -0.150. The summed E-state index contributed by atoms with van der Waals surface area (Å²) in [6, 6.07) is -0.125. The molecule has 3 heteroatoms. The molecule has 1 rings (SSSR count). The second-order valence-electron chi connectivity index (χ2n) is 2.31. The summed E-state index contributed by atoms with van der Waals surface area (Å²) in [5.41, 5.74) is 5.32. The molecule has 2 nitrogen and oxygen atoms in total. The number of rotatable bonds is 0. The van der Waals surface area contributed by atoms with Gasteiger partial charge in [-0.05, 0) is 12.8 Å². The molecule has 3 N–H and O–H groups in total. The van der Waals surface area contributed by atoms with Crippen LogP contribution < -0.4 is 5.73 Å². The molecule has 0 amide bonds. The zero-order valence-electron chi connectivity index (χ0n) is 4.55. The Labute approximate surface area is 47.5 Å². The molecule has 0 radical (unpaired) electrons. The van der Waals surface area contributed by atoms with Crippen molar-refractivity contribution in [3.63, 3.8) is 0 Å². The first-order valence-electron chi connectivity index (χ1n) is 2.78. The van der Waals surface area contributed by atoms with E-state index in [1.165, 1.54) is 0 Å². The van der Waals surface area contributed by atoms with Crippen LogP contribution in [-0.4, -0.2) is 23.4 Å². The Kier molecular flexibility index (Phi) is 1.49. The van der Waals surface area contributed by atoms with Crippen molar-refractivity contribution in [2.75, 3.05) is 0 Å². The van der Waals surface area contributed by atoms with Gasteiger partial charge < -0.3 is 10.8 Å². The average Bonchev–Trinajstić information content (AvgIpc) is 1.85. The van der Waals surface area contributed by atoms with Crippen LogP contribution in [0.1, 0.15) is 12.8 Å². The number of hydrogen-bond acceptors (Lipinski definition) is 2. The number of halogens is 1. The van der Waals surface area contributed by atoms with Gasteiger partial charge in [0.15, 0.2) is 0 Å². The number of aliphatic hydroxyl groups is 1. The maximum Gasteiger partial charge on any atom is 0.127 e. The van der Waals surface area contributed by atoms with Crippen LogP contribution in [0.15, 0.2) is 0 Å². The van der Waals surface area contributed by atoms with Gasteiger partial charge in [0.1, 0.15) is 6.17 Å². The summed E-state index contributed by atoms with van der Waals surface area (Å²) in [7, 11) is 0. The first-order valence-corrected chi connectivity index (χ1v) is 2.78. The quantitative estimate of drug-likeness (QED) is 0.464. The van der Waals surface area contributed by atoms with Crippen molar-refractivity contribution in [2.24, 2.45) is 5.73 Å². The van der Waals surface area contributed by atoms with Gasteiger partial charge in [0.2, 0.25) is 0 Å². The molecule has 1 aliphatic carbocycles. The van der Waals surface area contributed by atoms with Gasteiger partial charge in [-0.15, -0.1) is 0 Å². The first-order chi connectivity index (χ1) is 3.70. The largest absolute Gasteiger partial charge is 0.390 e. The molecule has 48 valence electrons. The first kappa shape index (κ1) is 5.98. The lowest BCUT2D eigenvalue weighted by Crippen LogP contribution is -2.15. The minimum Gasteiger partial charge on any atom is -0.390 e. The number of nitrogens with two attached hydrogens (primary N) is 1. The Balaban J connectivity index is 2.39. The Bertz CT molecular complexity index is 78.5. The van der Waals surface area contributed by atoms with Crippen molar-refractivity contribution < 1.29 is 9.50 Å². The molecule has 0 heterocycles. The smallest absolute Gasteiger partial charge is 0.127 e. The fourth-order valence-corrected chi connectivity index (χ4v) is 1.00. The number of alkyl halides is 1. The highest BCUT2D eigenvalue weighted by molar-refractivity contribution is 4.84. The predicted molar refractivity (Wildman–Crippen MR) is 28.1 cm³/mol. The maximum absolute atomic E-state index is 12.2. The van der Waals surface area contributed by atoms with Crippen LogP contribution in [0.25, 0.3) is 0 Å². The minimum absolute atomic E-state index is 0.125. The fourth-order valence-electron chi connectivity index (χ4n) is 1.00. The van der Waals surface area contributed by atoms with Gasteiger partial charge in [-0.1, -0.05) is 0 Å². The fraction of sp³-hybridized carbons (Fsp3) is 1.00. The molecule has 0 saturated heterocycles. The standard InChI is InChI=1S/C5H10FNO/c6-4-1-3(7)2-5(4)8/h3-5,8H,1-2,7H2/t3-,4+,5+/m0/s1. The summed E-state index contributed by atoms with van der Waals surface area (Å²) in [6.45, 7) is 0. The third-order valence-corrected chi connectivity index (χ3v) is 1.49. The summed E-state index contributed by atoms with van der Waals surface area (Å²) >= 11 is 0. The van der Waals surface area contributed by atoms with Crippen molar-refractivity contribution in [1.82, 2.24) is 0 Å². The molecule has 0 aliphatic heterocycles. The van der Waals surface area contributed by atoms with Gasteiger partial charge in [-0.2, -0.15) is 0 Å². The van der Waals surface area contributed by atoms with Crippen LogP contribution in [-0.2, 0) is 0 Å². The van der Waals surface area contributed by atoms with Gasteiger partial charge in [0.05, 0.1) is 6.10 Å².